The summed E-state index contributed by atoms with van der Waals surface area (Å²) in [7, 11) is 0. The summed E-state index contributed by atoms with van der Waals surface area (Å²) in [5, 5.41) is 8.25. The van der Waals surface area contributed by atoms with Crippen LogP contribution >= 0.6 is 15.9 Å². The number of nitrogens with zero attached hydrogens (tertiary/aromatic N) is 4. The first kappa shape index (κ1) is 15.3. The fourth-order valence-corrected chi connectivity index (χ4v) is 3.64. The van der Waals surface area contributed by atoms with Crippen molar-refractivity contribution in [3.63, 3.8) is 0 Å². The zero-order valence-corrected chi connectivity index (χ0v) is 15.2. The molecule has 0 bridgehead atoms. The molecule has 4 aromatic rings. The molecule has 2 aromatic heterocycles. The van der Waals surface area contributed by atoms with Gasteiger partial charge in [0.25, 0.3) is 0 Å². The van der Waals surface area contributed by atoms with Gasteiger partial charge in [-0.15, -0.1) is 10.2 Å². The summed E-state index contributed by atoms with van der Waals surface area (Å²) in [6, 6.07) is 22.5. The van der Waals surface area contributed by atoms with Crippen LogP contribution in [0.5, 0.6) is 5.88 Å². The van der Waals surface area contributed by atoms with Gasteiger partial charge in [0.05, 0.1) is 5.69 Å². The van der Waals surface area contributed by atoms with Gasteiger partial charge >= 0.3 is 0 Å². The predicted octanol–water partition coefficient (Wildman–Crippen LogP) is 4.65. The third-order valence-corrected chi connectivity index (χ3v) is 4.88. The number of halogens is 1. The second-order valence-corrected chi connectivity index (χ2v) is 6.66. The number of aromatic nitrogens is 4. The Morgan fingerprint density at radius 1 is 0.885 bits per heavy atom. The molecule has 0 unspecified atom stereocenters. The number of ether oxygens (including phenoxy) is 1. The first-order chi connectivity index (χ1) is 12.8. The monoisotopic (exact) mass is 404 g/mol. The van der Waals surface area contributed by atoms with Gasteiger partial charge < -0.3 is 4.74 Å². The zero-order valence-electron chi connectivity index (χ0n) is 13.6. The molecule has 6 heteroatoms. The second kappa shape index (κ2) is 6.07. The van der Waals surface area contributed by atoms with E-state index in [4.69, 9.17) is 9.72 Å². The van der Waals surface area contributed by atoms with E-state index < -0.39 is 0 Å². The van der Waals surface area contributed by atoms with E-state index in [1.54, 1.807) is 0 Å². The number of rotatable bonds is 2. The van der Waals surface area contributed by atoms with Crippen LogP contribution in [-0.4, -0.2) is 19.7 Å². The van der Waals surface area contributed by atoms with Crippen molar-refractivity contribution < 1.29 is 4.74 Å². The average Bonchev–Trinajstić information content (AvgIpc) is 3.09. The molecule has 5 rings (SSSR count). The van der Waals surface area contributed by atoms with Crippen molar-refractivity contribution in [2.24, 2.45) is 0 Å². The second-order valence-electron chi connectivity index (χ2n) is 5.95. The Morgan fingerprint density at radius 2 is 1.58 bits per heavy atom. The normalized spacial score (nSPS) is 12.2. The lowest BCUT2D eigenvalue weighted by molar-refractivity contribution is 0.267. The van der Waals surface area contributed by atoms with Crippen LogP contribution in [0.2, 0.25) is 0 Å². The number of hydrogen-bond donors (Lipinski definition) is 0. The molecule has 3 heterocycles. The Bertz CT molecular complexity index is 1090. The largest absolute Gasteiger partial charge is 0.468 e. The first-order valence-electron chi connectivity index (χ1n) is 8.20. The summed E-state index contributed by atoms with van der Waals surface area (Å²) < 4.78 is 8.44. The van der Waals surface area contributed by atoms with Crippen LogP contribution in [0, 0.1) is 0 Å². The number of fused-ring (bicyclic) bond motifs is 3. The summed E-state index contributed by atoms with van der Waals surface area (Å²) >= 11 is 3.47. The number of benzene rings is 2. The molecule has 0 amide bonds. The highest BCUT2D eigenvalue weighted by Gasteiger charge is 2.25. The van der Waals surface area contributed by atoms with E-state index in [9.17, 15) is 0 Å². The highest BCUT2D eigenvalue weighted by atomic mass is 79.9. The Kier molecular flexibility index (Phi) is 3.57. The van der Waals surface area contributed by atoms with Crippen LogP contribution in [-0.2, 0) is 6.61 Å². The third kappa shape index (κ3) is 2.42. The smallest absolute Gasteiger partial charge is 0.239 e. The minimum absolute atomic E-state index is 0.345. The van der Waals surface area contributed by atoms with Crippen LogP contribution in [0.15, 0.2) is 71.5 Å². The molecule has 0 saturated heterocycles. The molecular weight excluding hydrogens is 392 g/mol. The van der Waals surface area contributed by atoms with E-state index >= 15 is 0 Å². The topological polar surface area (TPSA) is 52.8 Å². The Balaban J connectivity index is 1.81. The summed E-state index contributed by atoms with van der Waals surface area (Å²) in [6.07, 6.45) is 0. The van der Waals surface area contributed by atoms with E-state index in [-0.39, 0.29) is 0 Å². The van der Waals surface area contributed by atoms with Crippen LogP contribution in [0.3, 0.4) is 0 Å². The highest BCUT2D eigenvalue weighted by Crippen LogP contribution is 2.39. The van der Waals surface area contributed by atoms with Gasteiger partial charge in [0, 0.05) is 11.1 Å². The van der Waals surface area contributed by atoms with Gasteiger partial charge in [-0.05, 0) is 27.6 Å². The average molecular weight is 405 g/mol. The lowest BCUT2D eigenvalue weighted by atomic mass is 9.98. The fourth-order valence-electron chi connectivity index (χ4n) is 3.17. The number of hydrogen-bond acceptors (Lipinski definition) is 4. The number of pyridine rings is 1. The van der Waals surface area contributed by atoms with Gasteiger partial charge in [-0.3, -0.25) is 4.57 Å². The minimum atomic E-state index is 0.345. The van der Waals surface area contributed by atoms with E-state index in [2.05, 4.69) is 56.5 Å². The fraction of sp³-hybridized carbons (Fsp3) is 0.0500. The summed E-state index contributed by atoms with van der Waals surface area (Å²) in [6.45, 7) is 0.345. The van der Waals surface area contributed by atoms with Crippen molar-refractivity contribution in [1.29, 1.82) is 0 Å². The van der Waals surface area contributed by atoms with Crippen LogP contribution in [0.4, 0.5) is 0 Å². The molecule has 1 aliphatic heterocycles. The Labute approximate surface area is 158 Å². The van der Waals surface area contributed by atoms with Gasteiger partial charge in [-0.1, -0.05) is 60.7 Å². The van der Waals surface area contributed by atoms with Gasteiger partial charge in [0.15, 0.2) is 12.4 Å². The SMILES string of the molecule is Brc1nnc2n1-c1cc(-c3ccccc3)c(-c3ccccc3)nc1OC2. The molecule has 0 spiro atoms. The maximum atomic E-state index is 5.86. The molecule has 0 aliphatic carbocycles. The van der Waals surface area contributed by atoms with Gasteiger partial charge in [-0.25, -0.2) is 4.98 Å². The standard InChI is InChI=1S/C20H13BrN4O/c21-20-24-23-17-12-26-19-16(25(17)20)11-15(13-7-3-1-4-8-13)18(22-19)14-9-5-2-6-10-14/h1-11H,12H2. The maximum absolute atomic E-state index is 5.86. The van der Waals surface area contributed by atoms with Crippen molar-refractivity contribution >= 4 is 15.9 Å². The molecule has 0 fully saturated rings. The lowest BCUT2D eigenvalue weighted by Gasteiger charge is -2.21. The van der Waals surface area contributed by atoms with Crippen LogP contribution in [0.1, 0.15) is 5.82 Å². The molecule has 0 radical (unpaired) electrons. The Hall–Kier alpha value is -2.99. The quantitative estimate of drug-likeness (QED) is 0.487. The highest BCUT2D eigenvalue weighted by molar-refractivity contribution is 9.10. The molecule has 126 valence electrons. The van der Waals surface area contributed by atoms with E-state index in [0.29, 0.717) is 17.2 Å². The predicted molar refractivity (Wildman–Crippen MR) is 102 cm³/mol. The zero-order chi connectivity index (χ0) is 17.5. The van der Waals surface area contributed by atoms with E-state index in [1.807, 2.05) is 41.0 Å². The lowest BCUT2D eigenvalue weighted by Crippen LogP contribution is -2.15. The summed E-state index contributed by atoms with van der Waals surface area (Å²) in [4.78, 5) is 4.86. The summed E-state index contributed by atoms with van der Waals surface area (Å²) in [5.74, 6) is 1.33. The van der Waals surface area contributed by atoms with Gasteiger partial charge in [0.2, 0.25) is 10.6 Å². The molecule has 5 nitrogen and oxygen atoms in total. The van der Waals surface area contributed by atoms with Gasteiger partial charge in [-0.2, -0.15) is 0 Å². The van der Waals surface area contributed by atoms with Crippen molar-refractivity contribution in [2.45, 2.75) is 6.61 Å². The van der Waals surface area contributed by atoms with E-state index in [0.717, 1.165) is 33.9 Å². The van der Waals surface area contributed by atoms with Crippen molar-refractivity contribution in [3.05, 3.63) is 77.3 Å². The first-order valence-corrected chi connectivity index (χ1v) is 8.99. The van der Waals surface area contributed by atoms with Crippen molar-refractivity contribution in [3.8, 4) is 34.0 Å². The molecule has 26 heavy (non-hydrogen) atoms. The third-order valence-electron chi connectivity index (χ3n) is 4.37. The molecule has 2 aromatic carbocycles. The van der Waals surface area contributed by atoms with E-state index in [1.165, 1.54) is 0 Å². The molecular formula is C20H13BrN4O. The molecule has 0 N–H and O–H groups in total. The minimum Gasteiger partial charge on any atom is -0.468 e. The van der Waals surface area contributed by atoms with Crippen molar-refractivity contribution in [1.82, 2.24) is 19.7 Å². The Morgan fingerprint density at radius 3 is 2.31 bits per heavy atom. The molecule has 0 saturated carbocycles. The van der Waals surface area contributed by atoms with Crippen LogP contribution < -0.4 is 4.74 Å². The molecule has 1 aliphatic rings. The van der Waals surface area contributed by atoms with Gasteiger partial charge in [0.1, 0.15) is 5.69 Å². The van der Waals surface area contributed by atoms with Crippen molar-refractivity contribution in [2.75, 3.05) is 0 Å². The summed E-state index contributed by atoms with van der Waals surface area (Å²) in [5.41, 5.74) is 4.90. The van der Waals surface area contributed by atoms with Crippen LogP contribution in [0.25, 0.3) is 28.1 Å². The maximum Gasteiger partial charge on any atom is 0.239 e. The molecule has 0 atom stereocenters.